The van der Waals surface area contributed by atoms with Crippen molar-refractivity contribution in [3.8, 4) is 6.07 Å². The average Bonchev–Trinajstić information content (AvgIpc) is 2.18. The van der Waals surface area contributed by atoms with Crippen LogP contribution in [0.2, 0.25) is 0 Å². The van der Waals surface area contributed by atoms with Crippen LogP contribution < -0.4 is 5.32 Å². The van der Waals surface area contributed by atoms with Crippen LogP contribution in [0.25, 0.3) is 0 Å². The van der Waals surface area contributed by atoms with Crippen LogP contribution in [0.4, 0.5) is 0 Å². The molecule has 0 amide bonds. The van der Waals surface area contributed by atoms with Gasteiger partial charge < -0.3 is 5.32 Å². The maximum atomic E-state index is 11.5. The molecule has 1 fully saturated rings. The zero-order chi connectivity index (χ0) is 10.6. The molecule has 1 aliphatic rings. The lowest BCUT2D eigenvalue weighted by Gasteiger charge is -2.30. The van der Waals surface area contributed by atoms with E-state index < -0.39 is 15.8 Å². The number of nitrogens with zero attached hydrogens (tertiary/aromatic N) is 2. The number of hydrogen-bond acceptors (Lipinski definition) is 4. The predicted molar refractivity (Wildman–Crippen MR) is 53.1 cm³/mol. The predicted octanol–water partition coefficient (Wildman–Crippen LogP) is -0.476. The van der Waals surface area contributed by atoms with Crippen LogP contribution in [0.15, 0.2) is 0 Å². The van der Waals surface area contributed by atoms with Crippen LogP contribution in [-0.2, 0) is 10.0 Å². The van der Waals surface area contributed by atoms with Crippen molar-refractivity contribution in [2.45, 2.75) is 18.9 Å². The molecule has 5 nitrogen and oxygen atoms in total. The van der Waals surface area contributed by atoms with Gasteiger partial charge in [0.05, 0.1) is 6.07 Å². The third kappa shape index (κ3) is 2.67. The van der Waals surface area contributed by atoms with Crippen LogP contribution in [0.5, 0.6) is 0 Å². The summed E-state index contributed by atoms with van der Waals surface area (Å²) in [4.78, 5) is 0. The second kappa shape index (κ2) is 4.73. The highest BCUT2D eigenvalue weighted by molar-refractivity contribution is 7.89. The van der Waals surface area contributed by atoms with E-state index in [2.05, 4.69) is 5.32 Å². The van der Waals surface area contributed by atoms with E-state index in [0.717, 1.165) is 19.4 Å². The number of likely N-dealkylation sites (N-methyl/N-ethyl adjacent to an activating group) is 1. The van der Waals surface area contributed by atoms with Crippen molar-refractivity contribution in [1.29, 1.82) is 5.26 Å². The van der Waals surface area contributed by atoms with E-state index >= 15 is 0 Å². The molecular weight excluding hydrogens is 202 g/mol. The monoisotopic (exact) mass is 217 g/mol. The zero-order valence-electron chi connectivity index (χ0n) is 8.23. The molecule has 14 heavy (non-hydrogen) atoms. The first kappa shape index (κ1) is 11.4. The SMILES string of the molecule is CN(C1CCCNC1)S(=O)(=O)CC#N. The molecule has 0 radical (unpaired) electrons. The lowest BCUT2D eigenvalue weighted by atomic mass is 10.1. The van der Waals surface area contributed by atoms with Gasteiger partial charge in [0.2, 0.25) is 10.0 Å². The lowest BCUT2D eigenvalue weighted by molar-refractivity contribution is 0.301. The van der Waals surface area contributed by atoms with Gasteiger partial charge in [0.15, 0.2) is 5.75 Å². The summed E-state index contributed by atoms with van der Waals surface area (Å²) < 4.78 is 24.3. The third-order valence-electron chi connectivity index (χ3n) is 2.47. The largest absolute Gasteiger partial charge is 0.315 e. The maximum absolute atomic E-state index is 11.5. The minimum atomic E-state index is -3.38. The summed E-state index contributed by atoms with van der Waals surface area (Å²) in [6, 6.07) is 1.68. The first-order valence-corrected chi connectivity index (χ1v) is 6.22. The molecule has 1 rings (SSSR count). The van der Waals surface area contributed by atoms with Crippen molar-refractivity contribution in [2.24, 2.45) is 0 Å². The number of nitriles is 1. The van der Waals surface area contributed by atoms with Gasteiger partial charge in [-0.25, -0.2) is 8.42 Å². The fourth-order valence-corrected chi connectivity index (χ4v) is 2.56. The fourth-order valence-electron chi connectivity index (χ4n) is 1.55. The molecule has 1 N–H and O–H groups in total. The Morgan fingerprint density at radius 1 is 1.64 bits per heavy atom. The summed E-state index contributed by atoms with van der Waals surface area (Å²) in [5.41, 5.74) is 0. The molecule has 0 aromatic heterocycles. The summed E-state index contributed by atoms with van der Waals surface area (Å²) in [5, 5.41) is 11.5. The van der Waals surface area contributed by atoms with Crippen molar-refractivity contribution < 1.29 is 8.42 Å². The van der Waals surface area contributed by atoms with E-state index in [9.17, 15) is 8.42 Å². The van der Waals surface area contributed by atoms with Crippen LogP contribution in [-0.4, -0.2) is 44.7 Å². The Kier molecular flexibility index (Phi) is 3.86. The van der Waals surface area contributed by atoms with Crippen molar-refractivity contribution in [3.05, 3.63) is 0 Å². The number of sulfonamides is 1. The summed E-state index contributed by atoms with van der Waals surface area (Å²) in [7, 11) is -1.83. The number of hydrogen-bond donors (Lipinski definition) is 1. The minimum Gasteiger partial charge on any atom is -0.315 e. The lowest BCUT2D eigenvalue weighted by Crippen LogP contribution is -2.47. The topological polar surface area (TPSA) is 73.2 Å². The van der Waals surface area contributed by atoms with Gasteiger partial charge in [-0.1, -0.05) is 0 Å². The number of nitrogens with one attached hydrogen (secondary N) is 1. The van der Waals surface area contributed by atoms with E-state index in [1.54, 1.807) is 13.1 Å². The van der Waals surface area contributed by atoms with Gasteiger partial charge >= 0.3 is 0 Å². The number of rotatable bonds is 3. The molecule has 80 valence electrons. The van der Waals surface area contributed by atoms with E-state index in [4.69, 9.17) is 5.26 Å². The average molecular weight is 217 g/mol. The fraction of sp³-hybridized carbons (Fsp3) is 0.875. The highest BCUT2D eigenvalue weighted by atomic mass is 32.2. The Morgan fingerprint density at radius 3 is 2.86 bits per heavy atom. The molecule has 0 spiro atoms. The van der Waals surface area contributed by atoms with Crippen LogP contribution in [0.1, 0.15) is 12.8 Å². The maximum Gasteiger partial charge on any atom is 0.227 e. The van der Waals surface area contributed by atoms with Gasteiger partial charge in [-0.05, 0) is 19.4 Å². The minimum absolute atomic E-state index is 0.00194. The van der Waals surface area contributed by atoms with Gasteiger partial charge in [0, 0.05) is 19.6 Å². The molecule has 0 aromatic rings. The van der Waals surface area contributed by atoms with Gasteiger partial charge in [-0.3, -0.25) is 0 Å². The highest BCUT2D eigenvalue weighted by Crippen LogP contribution is 2.12. The molecule has 1 unspecified atom stereocenters. The Bertz CT molecular complexity index is 314. The quantitative estimate of drug-likeness (QED) is 0.693. The van der Waals surface area contributed by atoms with E-state index in [1.807, 2.05) is 0 Å². The Balaban J connectivity index is 2.64. The third-order valence-corrected chi connectivity index (χ3v) is 4.14. The zero-order valence-corrected chi connectivity index (χ0v) is 9.05. The van der Waals surface area contributed by atoms with E-state index in [1.165, 1.54) is 4.31 Å². The Hall–Kier alpha value is -0.640. The van der Waals surface area contributed by atoms with Crippen molar-refractivity contribution in [2.75, 3.05) is 25.9 Å². The van der Waals surface area contributed by atoms with Crippen molar-refractivity contribution in [3.63, 3.8) is 0 Å². The second-order valence-corrected chi connectivity index (χ2v) is 5.46. The molecule has 0 aliphatic carbocycles. The standard InChI is InChI=1S/C8H15N3O2S/c1-11(14(12,13)6-4-9)8-3-2-5-10-7-8/h8,10H,2-3,5-7H2,1H3. The van der Waals surface area contributed by atoms with Gasteiger partial charge in [-0.2, -0.15) is 9.57 Å². The summed E-state index contributed by atoms with van der Waals surface area (Å²) >= 11 is 0. The second-order valence-electron chi connectivity index (χ2n) is 3.43. The highest BCUT2D eigenvalue weighted by Gasteiger charge is 2.26. The molecule has 1 atom stereocenters. The smallest absolute Gasteiger partial charge is 0.227 e. The van der Waals surface area contributed by atoms with E-state index in [0.29, 0.717) is 6.54 Å². The van der Waals surface area contributed by atoms with Gasteiger partial charge in [0.25, 0.3) is 0 Å². The molecule has 0 aromatic carbocycles. The Labute approximate surface area is 84.8 Å². The van der Waals surface area contributed by atoms with Crippen LogP contribution in [0, 0.1) is 11.3 Å². The van der Waals surface area contributed by atoms with Crippen LogP contribution in [0.3, 0.4) is 0 Å². The molecule has 1 saturated heterocycles. The molecular formula is C8H15N3O2S. The first-order valence-electron chi connectivity index (χ1n) is 4.61. The van der Waals surface area contributed by atoms with Gasteiger partial charge in [-0.15, -0.1) is 0 Å². The molecule has 6 heteroatoms. The number of piperidine rings is 1. The normalized spacial score (nSPS) is 23.4. The summed E-state index contributed by atoms with van der Waals surface area (Å²) in [6.45, 7) is 1.63. The molecule has 1 aliphatic heterocycles. The molecule has 1 heterocycles. The van der Waals surface area contributed by atoms with Crippen LogP contribution >= 0.6 is 0 Å². The van der Waals surface area contributed by atoms with Gasteiger partial charge in [0.1, 0.15) is 0 Å². The van der Waals surface area contributed by atoms with Crippen molar-refractivity contribution in [1.82, 2.24) is 9.62 Å². The van der Waals surface area contributed by atoms with Crippen molar-refractivity contribution >= 4 is 10.0 Å². The Morgan fingerprint density at radius 2 is 2.36 bits per heavy atom. The first-order chi connectivity index (χ1) is 6.58. The van der Waals surface area contributed by atoms with E-state index in [-0.39, 0.29) is 6.04 Å². The summed E-state index contributed by atoms with van der Waals surface area (Å²) in [6.07, 6.45) is 1.85. The summed E-state index contributed by atoms with van der Waals surface area (Å²) in [5.74, 6) is -0.431. The molecule has 0 bridgehead atoms. The molecule has 0 saturated carbocycles.